The van der Waals surface area contributed by atoms with Crippen LogP contribution < -0.4 is 0 Å². The Morgan fingerprint density at radius 1 is 0.453 bits per heavy atom. The van der Waals surface area contributed by atoms with Crippen LogP contribution in [0, 0.1) is 70.0 Å². The van der Waals surface area contributed by atoms with E-state index in [1.165, 1.54) is 0 Å². The van der Waals surface area contributed by atoms with E-state index in [1.54, 1.807) is 0 Å². The van der Waals surface area contributed by atoms with Gasteiger partial charge in [0.05, 0.1) is 77.2 Å². The molecule has 2 unspecified atom stereocenters. The second kappa shape index (κ2) is 29.5. The van der Waals surface area contributed by atoms with E-state index >= 15 is 0 Å². The molecule has 0 aliphatic heterocycles. The molecule has 0 heterocycles. The Kier molecular flexibility index (Phi) is 30.8. The van der Waals surface area contributed by atoms with Crippen molar-refractivity contribution >= 4 is 17.9 Å². The van der Waals surface area contributed by atoms with Gasteiger partial charge in [-0.15, -0.1) is 0 Å². The smallest absolute Gasteiger partial charge is 0.309 e. The molecule has 0 saturated heterocycles. The molecular formula is C41H82O12. The quantitative estimate of drug-likeness (QED) is 0.0629. The van der Waals surface area contributed by atoms with Crippen LogP contribution in [-0.2, 0) is 28.6 Å². The van der Waals surface area contributed by atoms with Gasteiger partial charge in [0.15, 0.2) is 0 Å². The number of hydrogen-bond donors (Lipinski definition) is 6. The van der Waals surface area contributed by atoms with E-state index in [0.717, 1.165) is 19.3 Å². The molecule has 0 saturated carbocycles. The lowest BCUT2D eigenvalue weighted by atomic mass is 9.80. The van der Waals surface area contributed by atoms with Crippen molar-refractivity contribution in [1.29, 1.82) is 0 Å². The molecule has 0 aromatic carbocycles. The van der Waals surface area contributed by atoms with Crippen LogP contribution in [-0.4, -0.2) is 108 Å². The molecule has 0 radical (unpaired) electrons. The number of ether oxygens (including phenoxy) is 3. The summed E-state index contributed by atoms with van der Waals surface area (Å²) >= 11 is 0. The number of carbonyl (C=O) groups excluding carboxylic acids is 3. The maximum atomic E-state index is 12.1. The molecule has 12 nitrogen and oxygen atoms in total. The molecular weight excluding hydrogens is 684 g/mol. The van der Waals surface area contributed by atoms with Gasteiger partial charge in [-0.1, -0.05) is 96.9 Å². The summed E-state index contributed by atoms with van der Waals surface area (Å²) in [4.78, 5) is 35.8. The van der Waals surface area contributed by atoms with Crippen LogP contribution in [0.15, 0.2) is 0 Å². The predicted molar refractivity (Wildman–Crippen MR) is 208 cm³/mol. The van der Waals surface area contributed by atoms with Gasteiger partial charge in [0, 0.05) is 17.8 Å². The fourth-order valence-electron chi connectivity index (χ4n) is 5.28. The van der Waals surface area contributed by atoms with Crippen LogP contribution in [0.4, 0.5) is 0 Å². The topological polar surface area (TPSA) is 200 Å². The number of aliphatic hydroxyl groups is 6. The summed E-state index contributed by atoms with van der Waals surface area (Å²) in [5.41, 5.74) is 0.271. The molecule has 0 rings (SSSR count). The average Bonchev–Trinajstić information content (AvgIpc) is 3.04. The normalized spacial score (nSPS) is 13.4. The summed E-state index contributed by atoms with van der Waals surface area (Å²) in [7, 11) is 0. The lowest BCUT2D eigenvalue weighted by molar-refractivity contribution is -0.155. The van der Waals surface area contributed by atoms with Gasteiger partial charge in [-0.05, 0) is 53.8 Å². The SMILES string of the molecule is CC(C)C(C(=O)OCC(CO)CO)C(C)C.CC(C)C(CC(C)(C)C)C(=O)OCC(CO)CO.CC(C)C(CCC(C)(C)C)C(=O)OCC(CO)CO. The van der Waals surface area contributed by atoms with Gasteiger partial charge in [0.2, 0.25) is 0 Å². The van der Waals surface area contributed by atoms with E-state index in [0.29, 0.717) is 0 Å². The fourth-order valence-corrected chi connectivity index (χ4v) is 5.28. The van der Waals surface area contributed by atoms with Crippen LogP contribution in [0.2, 0.25) is 0 Å². The first-order valence-corrected chi connectivity index (χ1v) is 19.5. The monoisotopic (exact) mass is 767 g/mol. The Labute approximate surface area is 322 Å². The van der Waals surface area contributed by atoms with Crippen molar-refractivity contribution in [3.8, 4) is 0 Å². The molecule has 0 bridgehead atoms. The standard InChI is InChI=1S/C15H30O4.C14H28O4.C12H24O4/c1-11(2)13(6-7-15(3,4)5)14(18)19-10-12(8-16)9-17;1-10(2)12(6-14(3,4)5)13(17)18-9-11(7-15)8-16;1-8(2)11(9(3)4)12(15)16-7-10(5-13)6-14/h11-13,16-17H,6-10H2,1-5H3;10-12,15-16H,6-9H2,1-5H3;8-11,13-14H,5-7H2,1-4H3. The zero-order valence-corrected chi connectivity index (χ0v) is 35.9. The fraction of sp³-hybridized carbons (Fsp3) is 0.927. The summed E-state index contributed by atoms with van der Waals surface area (Å²) in [6.07, 6.45) is 2.55. The van der Waals surface area contributed by atoms with Crippen LogP contribution in [0.1, 0.15) is 116 Å². The highest BCUT2D eigenvalue weighted by Crippen LogP contribution is 2.30. The Morgan fingerprint density at radius 3 is 1.00 bits per heavy atom. The first kappa shape index (κ1) is 55.5. The van der Waals surface area contributed by atoms with Crippen LogP contribution in [0.25, 0.3) is 0 Å². The van der Waals surface area contributed by atoms with Gasteiger partial charge in [0.1, 0.15) is 0 Å². The first-order valence-electron chi connectivity index (χ1n) is 19.5. The van der Waals surface area contributed by atoms with Crippen LogP contribution in [0.5, 0.6) is 0 Å². The van der Waals surface area contributed by atoms with Crippen LogP contribution >= 0.6 is 0 Å². The molecule has 6 N–H and O–H groups in total. The minimum Gasteiger partial charge on any atom is -0.465 e. The third-order valence-corrected chi connectivity index (χ3v) is 8.89. The van der Waals surface area contributed by atoms with Crippen LogP contribution in [0.3, 0.4) is 0 Å². The molecule has 0 fully saturated rings. The zero-order valence-electron chi connectivity index (χ0n) is 35.9. The van der Waals surface area contributed by atoms with Gasteiger partial charge in [0.25, 0.3) is 0 Å². The van der Waals surface area contributed by atoms with E-state index in [4.69, 9.17) is 44.8 Å². The lowest BCUT2D eigenvalue weighted by Crippen LogP contribution is -2.30. The highest BCUT2D eigenvalue weighted by atomic mass is 16.5. The van der Waals surface area contributed by atoms with Crippen molar-refractivity contribution in [3.63, 3.8) is 0 Å². The van der Waals surface area contributed by atoms with E-state index in [2.05, 4.69) is 41.5 Å². The zero-order chi connectivity index (χ0) is 42.1. The minimum absolute atomic E-state index is 0.0707. The molecule has 0 amide bonds. The maximum absolute atomic E-state index is 12.1. The lowest BCUT2D eigenvalue weighted by Gasteiger charge is -2.27. The largest absolute Gasteiger partial charge is 0.465 e. The van der Waals surface area contributed by atoms with Gasteiger partial charge in [-0.25, -0.2) is 0 Å². The third kappa shape index (κ3) is 28.3. The van der Waals surface area contributed by atoms with Crippen molar-refractivity contribution in [2.75, 3.05) is 59.5 Å². The van der Waals surface area contributed by atoms with Crippen molar-refractivity contribution in [2.45, 2.75) is 116 Å². The average molecular weight is 767 g/mol. The summed E-state index contributed by atoms with van der Waals surface area (Å²) in [6, 6.07) is 0. The molecule has 2 atom stereocenters. The van der Waals surface area contributed by atoms with E-state index in [1.807, 2.05) is 55.4 Å². The number of hydrogen-bond acceptors (Lipinski definition) is 12. The second-order valence-corrected chi connectivity index (χ2v) is 18.2. The molecule has 0 aromatic heterocycles. The summed E-state index contributed by atoms with van der Waals surface area (Å²) in [5.74, 6) is -1.27. The van der Waals surface area contributed by atoms with Gasteiger partial charge in [-0.3, -0.25) is 14.4 Å². The third-order valence-electron chi connectivity index (χ3n) is 8.89. The van der Waals surface area contributed by atoms with Gasteiger partial charge < -0.3 is 44.8 Å². The van der Waals surface area contributed by atoms with Crippen molar-refractivity contribution < 1.29 is 59.2 Å². The van der Waals surface area contributed by atoms with E-state index in [-0.39, 0.29) is 147 Å². The summed E-state index contributed by atoms with van der Waals surface area (Å²) in [6.45, 7) is 28.0. The van der Waals surface area contributed by atoms with Gasteiger partial charge in [-0.2, -0.15) is 0 Å². The van der Waals surface area contributed by atoms with E-state index in [9.17, 15) is 14.4 Å². The Bertz CT molecular complexity index is 916. The molecule has 12 heteroatoms. The van der Waals surface area contributed by atoms with E-state index < -0.39 is 0 Å². The second-order valence-electron chi connectivity index (χ2n) is 18.2. The number of rotatable bonds is 22. The summed E-state index contributed by atoms with van der Waals surface area (Å²) < 4.78 is 15.5. The molecule has 318 valence electrons. The maximum Gasteiger partial charge on any atom is 0.309 e. The Hall–Kier alpha value is -1.83. The number of carbonyl (C=O) groups is 3. The molecule has 0 aromatic rings. The first-order chi connectivity index (χ1) is 24.3. The Balaban J connectivity index is -0.000000710. The number of esters is 3. The predicted octanol–water partition coefficient (Wildman–Crippen LogP) is 5.13. The molecule has 53 heavy (non-hydrogen) atoms. The molecule has 0 spiro atoms. The van der Waals surface area contributed by atoms with Gasteiger partial charge >= 0.3 is 17.9 Å². The van der Waals surface area contributed by atoms with Crippen molar-refractivity contribution in [3.05, 3.63) is 0 Å². The molecule has 0 aliphatic carbocycles. The summed E-state index contributed by atoms with van der Waals surface area (Å²) in [5, 5.41) is 53.4. The number of aliphatic hydroxyl groups excluding tert-OH is 6. The minimum atomic E-state index is -0.378. The van der Waals surface area contributed by atoms with Crippen molar-refractivity contribution in [1.82, 2.24) is 0 Å². The highest BCUT2D eigenvalue weighted by molar-refractivity contribution is 5.73. The molecule has 0 aliphatic rings. The highest BCUT2D eigenvalue weighted by Gasteiger charge is 2.30. The Morgan fingerprint density at radius 2 is 0.755 bits per heavy atom. The van der Waals surface area contributed by atoms with Crippen molar-refractivity contribution in [2.24, 2.45) is 70.0 Å².